The molecule has 9 atom stereocenters. The van der Waals surface area contributed by atoms with Crippen LogP contribution in [0.2, 0.25) is 0 Å². The van der Waals surface area contributed by atoms with Gasteiger partial charge in [0.25, 0.3) is 0 Å². The Morgan fingerprint density at radius 2 is 1.36 bits per heavy atom. The van der Waals surface area contributed by atoms with Gasteiger partial charge in [-0.3, -0.25) is 52.9 Å². The predicted octanol–water partition coefficient (Wildman–Crippen LogP) is -5.34. The predicted molar refractivity (Wildman–Crippen MR) is 307 cm³/mol. The maximum atomic E-state index is 14.1. The van der Waals surface area contributed by atoms with Crippen LogP contribution < -0.4 is 71.2 Å². The van der Waals surface area contributed by atoms with Gasteiger partial charge in [-0.15, -0.1) is 0 Å². The van der Waals surface area contributed by atoms with Gasteiger partial charge in [-0.25, -0.2) is 9.78 Å². The number of phenols is 1. The van der Waals surface area contributed by atoms with E-state index in [9.17, 15) is 68.1 Å². The number of unbranched alkanes of at least 4 members (excludes halogenated alkanes) is 1. The molecule has 1 aliphatic rings. The van der Waals surface area contributed by atoms with Crippen LogP contribution in [0.25, 0.3) is 0 Å². The van der Waals surface area contributed by atoms with Crippen LogP contribution in [-0.4, -0.2) is 200 Å². The first kappa shape index (κ1) is 70.2. The highest BCUT2D eigenvalue weighted by atomic mass is 32.2. The van der Waals surface area contributed by atoms with Crippen LogP contribution in [0.15, 0.2) is 41.8 Å². The van der Waals surface area contributed by atoms with Crippen molar-refractivity contribution in [1.82, 2.24) is 57.4 Å². The van der Waals surface area contributed by atoms with E-state index in [1.807, 2.05) is 0 Å². The first-order valence-corrected chi connectivity index (χ1v) is 28.9. The highest BCUT2D eigenvalue weighted by molar-refractivity contribution is 7.98. The highest BCUT2D eigenvalue weighted by Gasteiger charge is 2.39. The summed E-state index contributed by atoms with van der Waals surface area (Å²) in [6.07, 6.45) is 5.68. The van der Waals surface area contributed by atoms with Crippen molar-refractivity contribution in [3.05, 3.63) is 48.0 Å². The van der Waals surface area contributed by atoms with Crippen LogP contribution in [-0.2, 0) is 65.6 Å². The van der Waals surface area contributed by atoms with Crippen LogP contribution in [0.3, 0.4) is 0 Å². The van der Waals surface area contributed by atoms with Crippen LogP contribution in [0.1, 0.15) is 89.3 Å². The zero-order valence-electron chi connectivity index (χ0n) is 47.4. The highest BCUT2D eigenvalue weighted by Crippen LogP contribution is 2.20. The van der Waals surface area contributed by atoms with Crippen molar-refractivity contribution >= 4 is 82.8 Å². The molecule has 0 unspecified atom stereocenters. The second-order valence-electron chi connectivity index (χ2n) is 20.4. The molecule has 10 amide bonds. The van der Waals surface area contributed by atoms with Gasteiger partial charge in [-0.05, 0) is 93.5 Å². The minimum absolute atomic E-state index is 0.0217. The Kier molecular flexibility index (Phi) is 30.5. The number of imidazole rings is 1. The van der Waals surface area contributed by atoms with Gasteiger partial charge < -0.3 is 96.4 Å². The van der Waals surface area contributed by atoms with E-state index in [4.69, 9.17) is 28.7 Å². The number of carboxylic acid groups (broad SMARTS) is 1. The summed E-state index contributed by atoms with van der Waals surface area (Å²) in [4.78, 5) is 160. The minimum Gasteiger partial charge on any atom is -0.508 e. The van der Waals surface area contributed by atoms with Gasteiger partial charge >= 0.3 is 5.97 Å². The van der Waals surface area contributed by atoms with Crippen molar-refractivity contribution in [3.8, 4) is 5.75 Å². The smallest absolute Gasteiger partial charge is 0.326 e. The number of aliphatic hydroxyl groups excluding tert-OH is 1. The fourth-order valence-corrected chi connectivity index (χ4v) is 9.21. The summed E-state index contributed by atoms with van der Waals surface area (Å²) in [5, 5.41) is 50.1. The normalized spacial score (nSPS) is 15.8. The van der Waals surface area contributed by atoms with Crippen LogP contribution in [0.4, 0.5) is 0 Å². The van der Waals surface area contributed by atoms with E-state index in [-0.39, 0.29) is 69.7 Å². The first-order valence-electron chi connectivity index (χ1n) is 27.5. The Labute approximate surface area is 490 Å². The van der Waals surface area contributed by atoms with Crippen LogP contribution in [0, 0.1) is 5.92 Å². The third-order valence-corrected chi connectivity index (χ3v) is 14.0. The fraction of sp³-hybridized carbons (Fsp3) is 0.596. The summed E-state index contributed by atoms with van der Waals surface area (Å²) in [6.45, 7) is 1.97. The number of hydrogen-bond donors (Lipinski definition) is 17. The zero-order valence-corrected chi connectivity index (χ0v) is 48.3. The van der Waals surface area contributed by atoms with Crippen molar-refractivity contribution < 1.29 is 68.1 Å². The van der Waals surface area contributed by atoms with Gasteiger partial charge in [0.05, 0.1) is 25.5 Å². The molecule has 3 rings (SSSR count). The number of benzene rings is 1. The quantitative estimate of drug-likeness (QED) is 0.0170. The maximum absolute atomic E-state index is 14.1. The standard InChI is InChI=1S/C52H83N17O14S/c1-28(2)42(49(80)60-25-41(73)62-36(22-29-11-13-31(71)14-12-29)46(77)64-35(17-21-84-3)44(75)66-37(51(82)83)23-30-24-58-27-61-30)68-45(76)33(9-6-19-59-52(56)57)63-47(78)38(26-70)67-43(74)34(15-16-40(55)72)65-48(79)39-10-7-20-69(39)50(81)32(54)8-4-5-18-53/h11-14,24,27-28,32-39,42,70-71H,4-10,15-23,25-26,53-54H2,1-3H3,(H2,55,72)(H,58,61)(H,60,80)(H,62,73)(H,63,78)(H,64,77)(H,65,79)(H,66,75)(H,67,74)(H,68,76)(H,82,83)(H4,56,57,59)/t32-,33-,34-,35-,36-,37-,38-,39-,42-/m0/s1. The average molecular weight is 1200 g/mol. The van der Waals surface area contributed by atoms with Gasteiger partial charge in [-0.1, -0.05) is 32.4 Å². The number of nitrogens with two attached hydrogens (primary N) is 5. The van der Waals surface area contributed by atoms with E-state index in [0.717, 1.165) is 0 Å². The topological polar surface area (TPSA) is 519 Å². The number of primary amides is 1. The number of carboxylic acids is 1. The summed E-state index contributed by atoms with van der Waals surface area (Å²) in [6, 6.07) is -6.42. The molecule has 0 spiro atoms. The van der Waals surface area contributed by atoms with Crippen molar-refractivity contribution in [3.63, 3.8) is 0 Å². The number of phenolic OH excluding ortho intramolecular Hbond substituents is 1. The molecule has 1 fully saturated rings. The number of aliphatic carboxylic acids is 1. The number of rotatable bonds is 38. The number of aromatic amines is 1. The molecule has 1 aliphatic heterocycles. The molecule has 1 aromatic heterocycles. The number of nitrogens with zero attached hydrogens (tertiary/aromatic N) is 3. The Morgan fingerprint density at radius 3 is 1.94 bits per heavy atom. The van der Waals surface area contributed by atoms with Gasteiger partial charge in [0.2, 0.25) is 59.1 Å². The fourth-order valence-electron chi connectivity index (χ4n) is 8.74. The number of carbonyl (C=O) groups is 11. The lowest BCUT2D eigenvalue weighted by Crippen LogP contribution is -2.60. The summed E-state index contributed by atoms with van der Waals surface area (Å²) >= 11 is 1.36. The number of thioether (sulfide) groups is 1. The third kappa shape index (κ3) is 24.4. The number of aliphatic imine (C=N–C) groups is 1. The van der Waals surface area contributed by atoms with E-state index >= 15 is 0 Å². The lowest BCUT2D eigenvalue weighted by Gasteiger charge is -2.29. The Bertz CT molecular complexity index is 2560. The number of guanidine groups is 1. The number of carbonyl (C=O) groups excluding carboxylic acids is 10. The van der Waals surface area contributed by atoms with Crippen molar-refractivity contribution in [1.29, 1.82) is 0 Å². The number of H-pyrrole nitrogens is 1. The van der Waals surface area contributed by atoms with Gasteiger partial charge in [0.15, 0.2) is 5.96 Å². The number of amides is 10. The van der Waals surface area contributed by atoms with Gasteiger partial charge in [0.1, 0.15) is 54.1 Å². The molecule has 0 aliphatic carbocycles. The molecule has 32 heteroatoms. The maximum Gasteiger partial charge on any atom is 0.326 e. The minimum atomic E-state index is -1.77. The lowest BCUT2D eigenvalue weighted by molar-refractivity contribution is -0.142. The van der Waals surface area contributed by atoms with E-state index in [1.165, 1.54) is 53.5 Å². The SMILES string of the molecule is CSCC[C@H](NC(=O)[C@H](Cc1ccc(O)cc1)NC(=O)CNC(=O)[C@@H](NC(=O)[C@H](CCCN=C(N)N)NC(=O)[C@H](CO)NC(=O)[C@H](CCC(N)=O)NC(=O)[C@@H]1CCCN1C(=O)[C@@H](N)CCCCN)C(C)C)C(=O)N[C@@H](Cc1cnc[nH]1)C(=O)O. The Hall–Kier alpha value is -8.10. The number of aromatic hydroxyl groups is 1. The molecule has 0 saturated carbocycles. The number of likely N-dealkylation sites (tertiary alicyclic amines) is 1. The molecular weight excluding hydrogens is 1120 g/mol. The first-order chi connectivity index (χ1) is 39.9. The zero-order chi connectivity index (χ0) is 62.5. The van der Waals surface area contributed by atoms with E-state index in [2.05, 4.69) is 57.5 Å². The summed E-state index contributed by atoms with van der Waals surface area (Å²) in [7, 11) is 0. The number of aliphatic hydroxyl groups is 1. The van der Waals surface area contributed by atoms with Crippen LogP contribution in [0.5, 0.6) is 5.75 Å². The summed E-state index contributed by atoms with van der Waals surface area (Å²) in [5.41, 5.74) is 28.9. The van der Waals surface area contributed by atoms with Crippen LogP contribution >= 0.6 is 11.8 Å². The molecular formula is C52H83N17O14S. The molecule has 2 aromatic rings. The monoisotopic (exact) mass is 1200 g/mol. The molecule has 22 N–H and O–H groups in total. The van der Waals surface area contributed by atoms with Gasteiger partial charge in [0, 0.05) is 44.2 Å². The largest absolute Gasteiger partial charge is 0.508 e. The number of hydrogen-bond acceptors (Lipinski definition) is 18. The Morgan fingerprint density at radius 1 is 0.750 bits per heavy atom. The lowest BCUT2D eigenvalue weighted by atomic mass is 10.0. The molecule has 31 nitrogen and oxygen atoms in total. The van der Waals surface area contributed by atoms with Gasteiger partial charge in [-0.2, -0.15) is 11.8 Å². The summed E-state index contributed by atoms with van der Waals surface area (Å²) in [5.74, 6) is -10.5. The second-order valence-corrected chi connectivity index (χ2v) is 21.3. The van der Waals surface area contributed by atoms with Crippen molar-refractivity contribution in [2.45, 2.75) is 145 Å². The van der Waals surface area contributed by atoms with E-state index < -0.39 is 145 Å². The third-order valence-electron chi connectivity index (χ3n) is 13.4. The number of aromatic nitrogens is 2. The molecule has 0 radical (unpaired) electrons. The molecule has 84 heavy (non-hydrogen) atoms. The van der Waals surface area contributed by atoms with Crippen molar-refractivity contribution in [2.75, 3.05) is 44.8 Å². The number of nitrogens with one attached hydrogen (secondary N) is 9. The van der Waals surface area contributed by atoms with E-state index in [0.29, 0.717) is 49.2 Å². The molecule has 2 heterocycles. The Balaban J connectivity index is 1.78. The molecule has 0 bridgehead atoms. The molecule has 1 aromatic carbocycles. The van der Waals surface area contributed by atoms with E-state index in [1.54, 1.807) is 20.1 Å². The molecule has 1 saturated heterocycles. The molecule has 466 valence electrons. The average Bonchev–Trinajstić information content (AvgIpc) is 4.38. The summed E-state index contributed by atoms with van der Waals surface area (Å²) < 4.78 is 0. The second kappa shape index (κ2) is 36.5. The van der Waals surface area contributed by atoms with Crippen molar-refractivity contribution in [2.24, 2.45) is 39.6 Å².